The van der Waals surface area contributed by atoms with Crippen LogP contribution < -0.4 is 15.6 Å². The Morgan fingerprint density at radius 1 is 0.909 bits per heavy atom. The van der Waals surface area contributed by atoms with Crippen molar-refractivity contribution in [3.05, 3.63) is 94.8 Å². The summed E-state index contributed by atoms with van der Waals surface area (Å²) in [5, 5.41) is 3.60. The molecule has 0 aliphatic heterocycles. The molecule has 1 amide bonds. The molecule has 3 aromatic carbocycles. The zero-order chi connectivity index (χ0) is 23.4. The van der Waals surface area contributed by atoms with E-state index in [1.807, 2.05) is 87.5 Å². The molecule has 0 saturated carbocycles. The quantitative estimate of drug-likeness (QED) is 0.387. The number of hydrogen-bond acceptors (Lipinski definition) is 4. The zero-order valence-corrected chi connectivity index (χ0v) is 18.8. The molecule has 33 heavy (non-hydrogen) atoms. The third-order valence-corrected chi connectivity index (χ3v) is 4.97. The maximum Gasteiger partial charge on any atom is 0.253 e. The number of carbonyl (C=O) groups is 1. The van der Waals surface area contributed by atoms with E-state index < -0.39 is 0 Å². The fraction of sp³-hybridized carbons (Fsp3) is 0.185. The molecule has 0 aliphatic carbocycles. The van der Waals surface area contributed by atoms with Gasteiger partial charge in [0.15, 0.2) is 0 Å². The molecule has 0 spiro atoms. The molecule has 0 saturated heterocycles. The number of H-pyrrole nitrogens is 1. The van der Waals surface area contributed by atoms with Crippen molar-refractivity contribution in [3.8, 4) is 22.6 Å². The highest BCUT2D eigenvalue weighted by Crippen LogP contribution is 2.30. The van der Waals surface area contributed by atoms with Gasteiger partial charge in [-0.15, -0.1) is 0 Å². The standard InChI is InChI=1S/C27H26N2O4/c1-27(2,3)32-17-28-26(31)20-10-6-8-18(14-20)19-9-7-11-21(15-19)33-24-16-25(30)29-23-13-5-4-12-22(23)24/h4-16H,17H2,1-3H3,(H,28,31)(H,29,30). The van der Waals surface area contributed by atoms with Crippen molar-refractivity contribution in [2.24, 2.45) is 0 Å². The van der Waals surface area contributed by atoms with Crippen molar-refractivity contribution < 1.29 is 14.3 Å². The van der Waals surface area contributed by atoms with Crippen LogP contribution in [0.25, 0.3) is 22.0 Å². The molecule has 0 fully saturated rings. The van der Waals surface area contributed by atoms with E-state index in [1.165, 1.54) is 6.07 Å². The molecule has 1 aromatic heterocycles. The number of benzene rings is 3. The van der Waals surface area contributed by atoms with Crippen LogP contribution in [0, 0.1) is 0 Å². The molecule has 4 aromatic rings. The van der Waals surface area contributed by atoms with Crippen molar-refractivity contribution in [1.29, 1.82) is 0 Å². The molecule has 2 N–H and O–H groups in total. The summed E-state index contributed by atoms with van der Waals surface area (Å²) >= 11 is 0. The van der Waals surface area contributed by atoms with Crippen LogP contribution in [0.1, 0.15) is 31.1 Å². The van der Waals surface area contributed by atoms with Crippen molar-refractivity contribution in [2.75, 3.05) is 6.73 Å². The number of carbonyl (C=O) groups excluding carboxylic acids is 1. The molecule has 6 heteroatoms. The second-order valence-corrected chi connectivity index (χ2v) is 8.66. The maximum absolute atomic E-state index is 12.5. The molecular formula is C27H26N2O4. The first kappa shape index (κ1) is 22.3. The monoisotopic (exact) mass is 442 g/mol. The summed E-state index contributed by atoms with van der Waals surface area (Å²) in [5.74, 6) is 0.874. The maximum atomic E-state index is 12.5. The van der Waals surface area contributed by atoms with Gasteiger partial charge in [-0.25, -0.2) is 0 Å². The highest BCUT2D eigenvalue weighted by Gasteiger charge is 2.12. The Labute approximate surface area is 192 Å². The fourth-order valence-corrected chi connectivity index (χ4v) is 3.38. The van der Waals surface area contributed by atoms with Crippen LogP contribution in [0.15, 0.2) is 83.7 Å². The fourth-order valence-electron chi connectivity index (χ4n) is 3.38. The number of para-hydroxylation sites is 1. The van der Waals surface area contributed by atoms with Gasteiger partial charge in [0.05, 0.1) is 11.1 Å². The third kappa shape index (κ3) is 5.67. The number of amides is 1. The SMILES string of the molecule is CC(C)(C)OCNC(=O)c1cccc(-c2cccc(Oc3cc(=O)[nH]c4ccccc34)c2)c1. The van der Waals surface area contributed by atoms with Gasteiger partial charge in [0.1, 0.15) is 18.2 Å². The number of rotatable bonds is 6. The Morgan fingerprint density at radius 2 is 1.64 bits per heavy atom. The van der Waals surface area contributed by atoms with Crippen molar-refractivity contribution in [3.63, 3.8) is 0 Å². The number of ether oxygens (including phenoxy) is 2. The van der Waals surface area contributed by atoms with E-state index in [1.54, 1.807) is 6.07 Å². The second-order valence-electron chi connectivity index (χ2n) is 8.66. The van der Waals surface area contributed by atoms with Crippen LogP contribution in [-0.4, -0.2) is 23.2 Å². The predicted octanol–water partition coefficient (Wildman–Crippen LogP) is 5.49. The van der Waals surface area contributed by atoms with E-state index in [-0.39, 0.29) is 23.8 Å². The summed E-state index contributed by atoms with van der Waals surface area (Å²) in [7, 11) is 0. The van der Waals surface area contributed by atoms with E-state index in [4.69, 9.17) is 9.47 Å². The lowest BCUT2D eigenvalue weighted by molar-refractivity contribution is -0.0111. The summed E-state index contributed by atoms with van der Waals surface area (Å²) in [5.41, 5.74) is 2.46. The molecule has 6 nitrogen and oxygen atoms in total. The Bertz CT molecular complexity index is 1350. The van der Waals surface area contributed by atoms with Crippen LogP contribution in [0.5, 0.6) is 11.5 Å². The molecule has 4 rings (SSSR count). The number of hydrogen-bond donors (Lipinski definition) is 2. The average molecular weight is 443 g/mol. The molecular weight excluding hydrogens is 416 g/mol. The number of nitrogens with one attached hydrogen (secondary N) is 2. The zero-order valence-electron chi connectivity index (χ0n) is 18.8. The average Bonchev–Trinajstić information content (AvgIpc) is 2.78. The van der Waals surface area contributed by atoms with Gasteiger partial charge in [-0.2, -0.15) is 0 Å². The summed E-state index contributed by atoms with van der Waals surface area (Å²) in [6.07, 6.45) is 0. The van der Waals surface area contributed by atoms with Crippen LogP contribution in [0.3, 0.4) is 0 Å². The minimum absolute atomic E-state index is 0.139. The summed E-state index contributed by atoms with van der Waals surface area (Å²) in [6, 6.07) is 23.8. The number of aromatic nitrogens is 1. The van der Waals surface area contributed by atoms with Gasteiger partial charge in [0.2, 0.25) is 0 Å². The van der Waals surface area contributed by atoms with Gasteiger partial charge in [-0.1, -0.05) is 36.4 Å². The van der Waals surface area contributed by atoms with E-state index in [2.05, 4.69) is 10.3 Å². The van der Waals surface area contributed by atoms with E-state index in [0.29, 0.717) is 22.6 Å². The number of aromatic amines is 1. The van der Waals surface area contributed by atoms with Crippen LogP contribution in [0.2, 0.25) is 0 Å². The van der Waals surface area contributed by atoms with E-state index in [0.717, 1.165) is 16.5 Å². The minimum atomic E-state index is -0.329. The van der Waals surface area contributed by atoms with Gasteiger partial charge in [-0.05, 0) is 68.3 Å². The van der Waals surface area contributed by atoms with Crippen LogP contribution in [-0.2, 0) is 4.74 Å². The Morgan fingerprint density at radius 3 is 2.42 bits per heavy atom. The van der Waals surface area contributed by atoms with Gasteiger partial charge in [-0.3, -0.25) is 9.59 Å². The number of pyridine rings is 1. The molecule has 0 aliphatic rings. The first-order valence-corrected chi connectivity index (χ1v) is 10.7. The van der Waals surface area contributed by atoms with Crippen molar-refractivity contribution in [1.82, 2.24) is 10.3 Å². The van der Waals surface area contributed by atoms with Crippen LogP contribution >= 0.6 is 0 Å². The molecule has 168 valence electrons. The van der Waals surface area contributed by atoms with Gasteiger partial charge in [0.25, 0.3) is 11.5 Å². The molecule has 0 atom stereocenters. The lowest BCUT2D eigenvalue weighted by Crippen LogP contribution is -2.31. The Hall–Kier alpha value is -3.90. The second kappa shape index (κ2) is 9.30. The Balaban J connectivity index is 1.56. The van der Waals surface area contributed by atoms with Crippen molar-refractivity contribution in [2.45, 2.75) is 26.4 Å². The minimum Gasteiger partial charge on any atom is -0.456 e. The van der Waals surface area contributed by atoms with Gasteiger partial charge >= 0.3 is 0 Å². The molecule has 0 radical (unpaired) electrons. The van der Waals surface area contributed by atoms with Gasteiger partial charge in [0, 0.05) is 17.0 Å². The Kier molecular flexibility index (Phi) is 6.29. The lowest BCUT2D eigenvalue weighted by Gasteiger charge is -2.19. The largest absolute Gasteiger partial charge is 0.456 e. The van der Waals surface area contributed by atoms with E-state index in [9.17, 15) is 9.59 Å². The topological polar surface area (TPSA) is 80.4 Å². The first-order chi connectivity index (χ1) is 15.8. The molecule has 0 unspecified atom stereocenters. The lowest BCUT2D eigenvalue weighted by atomic mass is 10.0. The summed E-state index contributed by atoms with van der Waals surface area (Å²) in [4.78, 5) is 27.4. The third-order valence-electron chi connectivity index (χ3n) is 4.97. The smallest absolute Gasteiger partial charge is 0.253 e. The first-order valence-electron chi connectivity index (χ1n) is 10.7. The summed E-state index contributed by atoms with van der Waals surface area (Å²) in [6.45, 7) is 5.94. The molecule has 0 bridgehead atoms. The predicted molar refractivity (Wildman–Crippen MR) is 130 cm³/mol. The highest BCUT2D eigenvalue weighted by atomic mass is 16.5. The normalized spacial score (nSPS) is 11.4. The van der Waals surface area contributed by atoms with Crippen molar-refractivity contribution >= 4 is 16.8 Å². The molecule has 1 heterocycles. The number of fused-ring (bicyclic) bond motifs is 1. The van der Waals surface area contributed by atoms with Gasteiger partial charge < -0.3 is 19.8 Å². The van der Waals surface area contributed by atoms with Crippen LogP contribution in [0.4, 0.5) is 0 Å². The van der Waals surface area contributed by atoms with E-state index >= 15 is 0 Å². The highest BCUT2D eigenvalue weighted by molar-refractivity contribution is 5.95. The summed E-state index contributed by atoms with van der Waals surface area (Å²) < 4.78 is 11.7.